The molecule has 2 N–H and O–H groups in total. The largest absolute Gasteiger partial charge is 0.394 e. The maximum Gasteiger partial charge on any atom is 0.0787 e. The van der Waals surface area contributed by atoms with Gasteiger partial charge in [-0.3, -0.25) is 0 Å². The van der Waals surface area contributed by atoms with Crippen LogP contribution in [0.15, 0.2) is 24.3 Å². The standard InChI is InChI=1S/C15H23NO2/c1-3-15(18)12-4-6-13(7-5-12)16-9-8-11(2)14(16)10-17/h4-7,11,14-15,17-18H,3,8-10H2,1-2H3. The molecule has 1 aromatic rings. The fourth-order valence-electron chi connectivity index (χ4n) is 2.73. The first-order valence-electron chi connectivity index (χ1n) is 6.83. The Hall–Kier alpha value is -1.06. The van der Waals surface area contributed by atoms with Gasteiger partial charge in [0.25, 0.3) is 0 Å². The third-order valence-electron chi connectivity index (χ3n) is 4.07. The van der Waals surface area contributed by atoms with Gasteiger partial charge in [-0.1, -0.05) is 26.0 Å². The fraction of sp³-hybridized carbons (Fsp3) is 0.600. The zero-order valence-electron chi connectivity index (χ0n) is 11.2. The van der Waals surface area contributed by atoms with E-state index in [2.05, 4.69) is 24.0 Å². The molecule has 3 unspecified atom stereocenters. The van der Waals surface area contributed by atoms with Crippen molar-refractivity contribution >= 4 is 5.69 Å². The van der Waals surface area contributed by atoms with Crippen molar-refractivity contribution < 1.29 is 10.2 Å². The van der Waals surface area contributed by atoms with Crippen molar-refractivity contribution in [1.29, 1.82) is 0 Å². The van der Waals surface area contributed by atoms with Crippen LogP contribution in [0, 0.1) is 5.92 Å². The highest BCUT2D eigenvalue weighted by molar-refractivity contribution is 5.50. The smallest absolute Gasteiger partial charge is 0.0787 e. The Morgan fingerprint density at radius 1 is 1.33 bits per heavy atom. The molecule has 1 saturated heterocycles. The van der Waals surface area contributed by atoms with Crippen LogP contribution in [0.4, 0.5) is 5.69 Å². The Bertz CT molecular complexity index is 377. The van der Waals surface area contributed by atoms with Crippen molar-refractivity contribution in [3.8, 4) is 0 Å². The van der Waals surface area contributed by atoms with Gasteiger partial charge in [0.2, 0.25) is 0 Å². The summed E-state index contributed by atoms with van der Waals surface area (Å²) in [5.74, 6) is 0.538. The molecule has 100 valence electrons. The molecule has 1 aromatic carbocycles. The van der Waals surface area contributed by atoms with E-state index >= 15 is 0 Å². The molecule has 1 fully saturated rings. The molecule has 0 bridgehead atoms. The Labute approximate surface area is 109 Å². The van der Waals surface area contributed by atoms with Crippen LogP contribution in [0.1, 0.15) is 38.4 Å². The number of aliphatic hydroxyl groups is 2. The average Bonchev–Trinajstić information content (AvgIpc) is 2.79. The Balaban J connectivity index is 2.14. The summed E-state index contributed by atoms with van der Waals surface area (Å²) in [5.41, 5.74) is 2.11. The second kappa shape index (κ2) is 5.72. The molecule has 18 heavy (non-hydrogen) atoms. The molecule has 3 heteroatoms. The molecule has 3 nitrogen and oxygen atoms in total. The maximum atomic E-state index is 9.77. The van der Waals surface area contributed by atoms with E-state index in [1.54, 1.807) is 0 Å². The fourth-order valence-corrected chi connectivity index (χ4v) is 2.73. The van der Waals surface area contributed by atoms with Crippen LogP contribution in [-0.4, -0.2) is 29.4 Å². The summed E-state index contributed by atoms with van der Waals surface area (Å²) in [4.78, 5) is 2.27. The van der Waals surface area contributed by atoms with E-state index in [0.717, 1.165) is 30.6 Å². The lowest BCUT2D eigenvalue weighted by Gasteiger charge is -2.27. The molecule has 0 aromatic heterocycles. The Morgan fingerprint density at radius 2 is 2.00 bits per heavy atom. The first kappa shape index (κ1) is 13.4. The van der Waals surface area contributed by atoms with Crippen LogP contribution >= 0.6 is 0 Å². The van der Waals surface area contributed by atoms with E-state index < -0.39 is 0 Å². The summed E-state index contributed by atoms with van der Waals surface area (Å²) in [6.07, 6.45) is 1.49. The van der Waals surface area contributed by atoms with Crippen molar-refractivity contribution in [2.75, 3.05) is 18.1 Å². The summed E-state index contributed by atoms with van der Waals surface area (Å²) in [5, 5.41) is 19.2. The lowest BCUT2D eigenvalue weighted by molar-refractivity contribution is 0.173. The molecule has 0 aliphatic carbocycles. The van der Waals surface area contributed by atoms with E-state index in [9.17, 15) is 10.2 Å². The highest BCUT2D eigenvalue weighted by Gasteiger charge is 2.30. The lowest BCUT2D eigenvalue weighted by atomic mass is 10.0. The quantitative estimate of drug-likeness (QED) is 0.861. The van der Waals surface area contributed by atoms with E-state index in [4.69, 9.17) is 0 Å². The monoisotopic (exact) mass is 249 g/mol. The van der Waals surface area contributed by atoms with Crippen LogP contribution in [0.2, 0.25) is 0 Å². The van der Waals surface area contributed by atoms with Gasteiger partial charge in [0.1, 0.15) is 0 Å². The van der Waals surface area contributed by atoms with Crippen molar-refractivity contribution in [3.05, 3.63) is 29.8 Å². The highest BCUT2D eigenvalue weighted by Crippen LogP contribution is 2.30. The second-order valence-corrected chi connectivity index (χ2v) is 5.22. The molecule has 1 aliphatic rings. The SMILES string of the molecule is CCC(O)c1ccc(N2CCC(C)C2CO)cc1. The molecule has 3 atom stereocenters. The number of nitrogens with zero attached hydrogens (tertiary/aromatic N) is 1. The summed E-state index contributed by atoms with van der Waals surface area (Å²) in [7, 11) is 0. The van der Waals surface area contributed by atoms with Crippen LogP contribution in [0.25, 0.3) is 0 Å². The molecule has 0 saturated carbocycles. The summed E-state index contributed by atoms with van der Waals surface area (Å²) < 4.78 is 0. The van der Waals surface area contributed by atoms with Gasteiger partial charge in [0.05, 0.1) is 18.8 Å². The van der Waals surface area contributed by atoms with Gasteiger partial charge in [0, 0.05) is 12.2 Å². The predicted octanol–water partition coefficient (Wildman–Crippen LogP) is 2.34. The van der Waals surface area contributed by atoms with Crippen LogP contribution in [-0.2, 0) is 0 Å². The third kappa shape index (κ3) is 2.52. The van der Waals surface area contributed by atoms with Crippen molar-refractivity contribution in [1.82, 2.24) is 0 Å². The summed E-state index contributed by atoms with van der Waals surface area (Å²) in [6.45, 7) is 5.38. The van der Waals surface area contributed by atoms with Gasteiger partial charge in [-0.2, -0.15) is 0 Å². The number of hydrogen-bond acceptors (Lipinski definition) is 3. The van der Waals surface area contributed by atoms with E-state index in [1.807, 2.05) is 19.1 Å². The topological polar surface area (TPSA) is 43.7 Å². The molecule has 2 rings (SSSR count). The van der Waals surface area contributed by atoms with Gasteiger partial charge in [-0.05, 0) is 36.5 Å². The number of aliphatic hydroxyl groups excluding tert-OH is 2. The van der Waals surface area contributed by atoms with Gasteiger partial charge in [-0.15, -0.1) is 0 Å². The maximum absolute atomic E-state index is 9.77. The van der Waals surface area contributed by atoms with Crippen LogP contribution < -0.4 is 4.90 Å². The van der Waals surface area contributed by atoms with Crippen molar-refractivity contribution in [2.45, 2.75) is 38.8 Å². The number of anilines is 1. The molecule has 1 aliphatic heterocycles. The van der Waals surface area contributed by atoms with Crippen LogP contribution in [0.3, 0.4) is 0 Å². The minimum absolute atomic E-state index is 0.209. The van der Waals surface area contributed by atoms with Gasteiger partial charge >= 0.3 is 0 Å². The van der Waals surface area contributed by atoms with Gasteiger partial charge in [-0.25, -0.2) is 0 Å². The van der Waals surface area contributed by atoms with Crippen LogP contribution in [0.5, 0.6) is 0 Å². The summed E-state index contributed by atoms with van der Waals surface area (Å²) >= 11 is 0. The zero-order valence-corrected chi connectivity index (χ0v) is 11.2. The molecule has 0 spiro atoms. The molecular weight excluding hydrogens is 226 g/mol. The minimum Gasteiger partial charge on any atom is -0.394 e. The van der Waals surface area contributed by atoms with Gasteiger partial charge in [0.15, 0.2) is 0 Å². The van der Waals surface area contributed by atoms with Crippen molar-refractivity contribution in [3.63, 3.8) is 0 Å². The molecule has 0 radical (unpaired) electrons. The predicted molar refractivity (Wildman–Crippen MR) is 73.7 cm³/mol. The normalized spacial score (nSPS) is 25.4. The number of rotatable bonds is 4. The highest BCUT2D eigenvalue weighted by atomic mass is 16.3. The van der Waals surface area contributed by atoms with E-state index in [-0.39, 0.29) is 18.8 Å². The Kier molecular flexibility index (Phi) is 4.25. The Morgan fingerprint density at radius 3 is 2.56 bits per heavy atom. The molecule has 0 amide bonds. The molecule has 1 heterocycles. The first-order valence-corrected chi connectivity index (χ1v) is 6.83. The van der Waals surface area contributed by atoms with E-state index in [1.165, 1.54) is 0 Å². The average molecular weight is 249 g/mol. The first-order chi connectivity index (χ1) is 8.67. The van der Waals surface area contributed by atoms with Gasteiger partial charge < -0.3 is 15.1 Å². The molecular formula is C15H23NO2. The second-order valence-electron chi connectivity index (χ2n) is 5.22. The number of hydrogen-bond donors (Lipinski definition) is 2. The third-order valence-corrected chi connectivity index (χ3v) is 4.07. The zero-order chi connectivity index (χ0) is 13.1. The van der Waals surface area contributed by atoms with Crippen molar-refractivity contribution in [2.24, 2.45) is 5.92 Å². The lowest BCUT2D eigenvalue weighted by Crippen LogP contribution is -2.35. The minimum atomic E-state index is -0.370. The number of benzene rings is 1. The summed E-state index contributed by atoms with van der Waals surface area (Å²) in [6, 6.07) is 8.30. The van der Waals surface area contributed by atoms with E-state index in [0.29, 0.717) is 5.92 Å².